The van der Waals surface area contributed by atoms with E-state index in [1.807, 2.05) is 22.4 Å². The number of hydrogen-bond donors (Lipinski definition) is 1. The van der Waals surface area contributed by atoms with Crippen molar-refractivity contribution in [2.75, 3.05) is 13.1 Å². The predicted octanol–water partition coefficient (Wildman–Crippen LogP) is 3.91. The van der Waals surface area contributed by atoms with E-state index in [9.17, 15) is 18.7 Å². The Bertz CT molecular complexity index is 690. The van der Waals surface area contributed by atoms with Gasteiger partial charge in [-0.05, 0) is 36.9 Å². The number of carboxylic acids is 1. The summed E-state index contributed by atoms with van der Waals surface area (Å²) in [5.41, 5.74) is 0.389. The summed E-state index contributed by atoms with van der Waals surface area (Å²) in [6.07, 6.45) is 1.39. The Labute approximate surface area is 137 Å². The molecule has 0 spiro atoms. The Balaban J connectivity index is 1.98. The van der Waals surface area contributed by atoms with Gasteiger partial charge in [0.05, 0.1) is 12.0 Å². The van der Waals surface area contributed by atoms with Gasteiger partial charge in [0.15, 0.2) is 0 Å². The third kappa shape index (κ3) is 3.43. The van der Waals surface area contributed by atoms with Crippen molar-refractivity contribution < 1.29 is 18.7 Å². The highest BCUT2D eigenvalue weighted by molar-refractivity contribution is 7.10. The van der Waals surface area contributed by atoms with Gasteiger partial charge in [0.1, 0.15) is 11.6 Å². The number of carbonyl (C=O) groups is 1. The fourth-order valence-corrected chi connectivity index (χ4v) is 4.02. The predicted molar refractivity (Wildman–Crippen MR) is 84.5 cm³/mol. The molecule has 3 rings (SSSR count). The van der Waals surface area contributed by atoms with Crippen molar-refractivity contribution in [2.45, 2.75) is 18.9 Å². The first-order valence-electron chi connectivity index (χ1n) is 7.51. The van der Waals surface area contributed by atoms with Gasteiger partial charge in [0.2, 0.25) is 0 Å². The minimum atomic E-state index is -0.820. The molecule has 1 aromatic heterocycles. The van der Waals surface area contributed by atoms with Crippen molar-refractivity contribution in [3.05, 3.63) is 57.8 Å². The highest BCUT2D eigenvalue weighted by Gasteiger charge is 2.32. The maximum Gasteiger partial charge on any atom is 0.307 e. The first-order chi connectivity index (χ1) is 11.1. The second-order valence-corrected chi connectivity index (χ2v) is 6.74. The molecular weight excluding hydrogens is 320 g/mol. The van der Waals surface area contributed by atoms with Crippen molar-refractivity contribution in [1.29, 1.82) is 0 Å². The zero-order valence-corrected chi connectivity index (χ0v) is 13.2. The van der Waals surface area contributed by atoms with Crippen LogP contribution in [0, 0.1) is 17.6 Å². The summed E-state index contributed by atoms with van der Waals surface area (Å²) in [5.74, 6) is -2.48. The van der Waals surface area contributed by atoms with Crippen LogP contribution in [0.2, 0.25) is 0 Å². The van der Waals surface area contributed by atoms with Crippen LogP contribution in [-0.4, -0.2) is 29.1 Å². The number of thiophene rings is 1. The molecule has 2 atom stereocenters. The van der Waals surface area contributed by atoms with Crippen LogP contribution < -0.4 is 0 Å². The zero-order chi connectivity index (χ0) is 16.4. The van der Waals surface area contributed by atoms with Gasteiger partial charge in [0, 0.05) is 23.1 Å². The largest absolute Gasteiger partial charge is 0.481 e. The molecule has 0 bridgehead atoms. The summed E-state index contributed by atoms with van der Waals surface area (Å²) in [6.45, 7) is 1.07. The van der Waals surface area contributed by atoms with Crippen LogP contribution in [0.15, 0.2) is 35.7 Å². The summed E-state index contributed by atoms with van der Waals surface area (Å²) >= 11 is 1.49. The molecule has 1 N–H and O–H groups in total. The van der Waals surface area contributed by atoms with Crippen molar-refractivity contribution in [3.8, 4) is 0 Å². The lowest BCUT2D eigenvalue weighted by atomic mass is 9.94. The van der Waals surface area contributed by atoms with Crippen molar-refractivity contribution in [3.63, 3.8) is 0 Å². The number of aliphatic carboxylic acids is 1. The van der Waals surface area contributed by atoms with Crippen LogP contribution in [0.1, 0.15) is 29.3 Å². The van der Waals surface area contributed by atoms with E-state index >= 15 is 0 Å². The molecule has 1 aliphatic heterocycles. The van der Waals surface area contributed by atoms with Crippen LogP contribution >= 0.6 is 11.3 Å². The Kier molecular flexibility index (Phi) is 4.73. The molecule has 0 amide bonds. The second-order valence-electron chi connectivity index (χ2n) is 5.76. The Morgan fingerprint density at radius 2 is 2.17 bits per heavy atom. The van der Waals surface area contributed by atoms with E-state index in [0.29, 0.717) is 25.1 Å². The van der Waals surface area contributed by atoms with Gasteiger partial charge in [-0.2, -0.15) is 0 Å². The van der Waals surface area contributed by atoms with Crippen LogP contribution in [0.4, 0.5) is 8.78 Å². The smallest absolute Gasteiger partial charge is 0.307 e. The third-order valence-corrected chi connectivity index (χ3v) is 5.16. The molecular formula is C17H17F2NO2S. The lowest BCUT2D eigenvalue weighted by molar-refractivity contribution is -0.143. The van der Waals surface area contributed by atoms with E-state index in [2.05, 4.69) is 0 Å². The molecule has 1 fully saturated rings. The van der Waals surface area contributed by atoms with E-state index in [-0.39, 0.29) is 6.04 Å². The highest BCUT2D eigenvalue weighted by atomic mass is 32.1. The van der Waals surface area contributed by atoms with E-state index in [1.165, 1.54) is 23.5 Å². The van der Waals surface area contributed by atoms with Crippen LogP contribution in [0.25, 0.3) is 0 Å². The number of halogens is 2. The van der Waals surface area contributed by atoms with E-state index in [1.54, 1.807) is 0 Å². The Hall–Kier alpha value is -1.79. The normalized spacial score (nSPS) is 20.3. The average Bonchev–Trinajstić information content (AvgIpc) is 3.04. The van der Waals surface area contributed by atoms with Crippen LogP contribution in [0.3, 0.4) is 0 Å². The van der Waals surface area contributed by atoms with Gasteiger partial charge in [-0.15, -0.1) is 11.3 Å². The SMILES string of the molecule is O=C(O)C1CCCN(C(c2cccs2)c2ccc(F)cc2F)C1. The molecule has 0 radical (unpaired) electrons. The molecule has 0 aliphatic carbocycles. The first-order valence-corrected chi connectivity index (χ1v) is 8.39. The van der Waals surface area contributed by atoms with Crippen molar-refractivity contribution in [2.24, 2.45) is 5.92 Å². The van der Waals surface area contributed by atoms with Crippen molar-refractivity contribution >= 4 is 17.3 Å². The number of nitrogens with zero attached hydrogens (tertiary/aromatic N) is 1. The zero-order valence-electron chi connectivity index (χ0n) is 12.4. The maximum absolute atomic E-state index is 14.3. The van der Waals surface area contributed by atoms with E-state index < -0.39 is 23.5 Å². The fraction of sp³-hybridized carbons (Fsp3) is 0.353. The van der Waals surface area contributed by atoms with Gasteiger partial charge in [-0.25, -0.2) is 8.78 Å². The van der Waals surface area contributed by atoms with Crippen LogP contribution in [0.5, 0.6) is 0 Å². The lowest BCUT2D eigenvalue weighted by Gasteiger charge is -2.37. The lowest BCUT2D eigenvalue weighted by Crippen LogP contribution is -2.41. The van der Waals surface area contributed by atoms with Gasteiger partial charge in [0.25, 0.3) is 0 Å². The second kappa shape index (κ2) is 6.76. The Morgan fingerprint density at radius 3 is 2.83 bits per heavy atom. The molecule has 1 aliphatic rings. The minimum Gasteiger partial charge on any atom is -0.481 e. The quantitative estimate of drug-likeness (QED) is 0.919. The van der Waals surface area contributed by atoms with Gasteiger partial charge in [-0.3, -0.25) is 9.69 Å². The average molecular weight is 337 g/mol. The summed E-state index contributed by atoms with van der Waals surface area (Å²) in [5, 5.41) is 11.2. The molecule has 3 nitrogen and oxygen atoms in total. The summed E-state index contributed by atoms with van der Waals surface area (Å²) in [6, 6.07) is 7.00. The van der Waals surface area contributed by atoms with E-state index in [0.717, 1.165) is 17.4 Å². The topological polar surface area (TPSA) is 40.5 Å². The monoisotopic (exact) mass is 337 g/mol. The van der Waals surface area contributed by atoms with Gasteiger partial charge < -0.3 is 5.11 Å². The molecule has 2 heterocycles. The molecule has 23 heavy (non-hydrogen) atoms. The minimum absolute atomic E-state index is 0.370. The number of carboxylic acid groups (broad SMARTS) is 1. The van der Waals surface area contributed by atoms with E-state index in [4.69, 9.17) is 0 Å². The fourth-order valence-electron chi connectivity index (χ4n) is 3.14. The highest BCUT2D eigenvalue weighted by Crippen LogP contribution is 2.36. The number of benzene rings is 1. The van der Waals surface area contributed by atoms with Gasteiger partial charge in [-0.1, -0.05) is 12.1 Å². The summed E-state index contributed by atoms with van der Waals surface area (Å²) in [7, 11) is 0. The van der Waals surface area contributed by atoms with Crippen LogP contribution in [-0.2, 0) is 4.79 Å². The number of likely N-dealkylation sites (tertiary alicyclic amines) is 1. The molecule has 122 valence electrons. The number of hydrogen-bond acceptors (Lipinski definition) is 3. The number of rotatable bonds is 4. The molecule has 2 unspecified atom stereocenters. The standard InChI is InChI=1S/C17H17F2NO2S/c18-12-5-6-13(14(19)9-12)16(15-4-2-8-23-15)20-7-1-3-11(10-20)17(21)22/h2,4-6,8-9,11,16H,1,3,7,10H2,(H,21,22). The third-order valence-electron chi connectivity index (χ3n) is 4.24. The molecule has 1 saturated heterocycles. The molecule has 0 saturated carbocycles. The maximum atomic E-state index is 14.3. The number of piperidine rings is 1. The summed E-state index contributed by atoms with van der Waals surface area (Å²) in [4.78, 5) is 14.2. The Morgan fingerprint density at radius 1 is 1.35 bits per heavy atom. The van der Waals surface area contributed by atoms with Crippen molar-refractivity contribution in [1.82, 2.24) is 4.90 Å². The molecule has 2 aromatic rings. The molecule has 6 heteroatoms. The molecule has 1 aromatic carbocycles. The first kappa shape index (κ1) is 16.1. The van der Waals surface area contributed by atoms with Gasteiger partial charge >= 0.3 is 5.97 Å². The summed E-state index contributed by atoms with van der Waals surface area (Å²) < 4.78 is 27.6.